The molecule has 2 aromatic rings. The van der Waals surface area contributed by atoms with E-state index < -0.39 is 0 Å². The van der Waals surface area contributed by atoms with Gasteiger partial charge < -0.3 is 24.4 Å². The molecule has 32 heavy (non-hydrogen) atoms. The van der Waals surface area contributed by atoms with Crippen LogP contribution in [0.3, 0.4) is 0 Å². The maximum Gasteiger partial charge on any atom is 0.254 e. The minimum Gasteiger partial charge on any atom is -0.497 e. The van der Waals surface area contributed by atoms with Crippen LogP contribution >= 0.6 is 11.6 Å². The fraction of sp³-hybridized carbons (Fsp3) is 0.417. The van der Waals surface area contributed by atoms with Crippen molar-refractivity contribution in [2.45, 2.75) is 19.3 Å². The molecule has 2 aromatic carbocycles. The van der Waals surface area contributed by atoms with Crippen LogP contribution in [0.5, 0.6) is 17.2 Å². The molecule has 1 N–H and O–H groups in total. The highest BCUT2D eigenvalue weighted by Crippen LogP contribution is 2.59. The molecule has 1 saturated heterocycles. The number of ether oxygens (including phenoxy) is 3. The van der Waals surface area contributed by atoms with Gasteiger partial charge in [0.2, 0.25) is 5.91 Å². The number of likely N-dealkylation sites (tertiary alicyclic amines) is 1. The number of rotatable bonds is 6. The number of hydrogen-bond acceptors (Lipinski definition) is 5. The van der Waals surface area contributed by atoms with Crippen LogP contribution in [0.2, 0.25) is 5.02 Å². The van der Waals surface area contributed by atoms with Crippen LogP contribution in [0.4, 0.5) is 5.69 Å². The lowest BCUT2D eigenvalue weighted by Crippen LogP contribution is -2.40. The van der Waals surface area contributed by atoms with Crippen molar-refractivity contribution in [1.82, 2.24) is 4.90 Å². The first kappa shape index (κ1) is 22.3. The Labute approximate surface area is 192 Å². The number of carbonyl (C=O) groups excluding carboxylic acids is 2. The zero-order valence-corrected chi connectivity index (χ0v) is 19.2. The fourth-order valence-electron chi connectivity index (χ4n) is 4.51. The molecule has 2 fully saturated rings. The van der Waals surface area contributed by atoms with Gasteiger partial charge in [-0.05, 0) is 55.0 Å². The van der Waals surface area contributed by atoms with Crippen molar-refractivity contribution in [3.63, 3.8) is 0 Å². The van der Waals surface area contributed by atoms with E-state index in [9.17, 15) is 9.59 Å². The molecule has 1 aliphatic heterocycles. The Morgan fingerprint density at radius 3 is 2.22 bits per heavy atom. The summed E-state index contributed by atoms with van der Waals surface area (Å²) in [5.74, 6) is 1.64. The third-order valence-corrected chi connectivity index (χ3v) is 6.87. The van der Waals surface area contributed by atoms with Gasteiger partial charge in [0, 0.05) is 36.3 Å². The van der Waals surface area contributed by atoms with Crippen molar-refractivity contribution >= 4 is 29.1 Å². The summed E-state index contributed by atoms with van der Waals surface area (Å²) in [6, 6.07) is 10.4. The van der Waals surface area contributed by atoms with Gasteiger partial charge in [0.1, 0.15) is 17.2 Å². The first-order valence-corrected chi connectivity index (χ1v) is 10.9. The van der Waals surface area contributed by atoms with Crippen LogP contribution < -0.4 is 19.5 Å². The Kier molecular flexibility index (Phi) is 6.20. The lowest BCUT2D eigenvalue weighted by molar-refractivity contribution is -0.118. The van der Waals surface area contributed by atoms with E-state index in [1.807, 2.05) is 4.90 Å². The van der Waals surface area contributed by atoms with Gasteiger partial charge in [0.15, 0.2) is 0 Å². The van der Waals surface area contributed by atoms with E-state index in [4.69, 9.17) is 25.8 Å². The van der Waals surface area contributed by atoms with Gasteiger partial charge in [-0.15, -0.1) is 0 Å². The summed E-state index contributed by atoms with van der Waals surface area (Å²) in [7, 11) is 4.67. The number of anilines is 1. The molecule has 1 aliphatic carbocycles. The molecular weight excluding hydrogens is 432 g/mol. The van der Waals surface area contributed by atoms with Gasteiger partial charge in [-0.2, -0.15) is 0 Å². The van der Waals surface area contributed by atoms with Crippen molar-refractivity contribution in [2.24, 2.45) is 11.3 Å². The second-order valence-corrected chi connectivity index (χ2v) is 8.76. The van der Waals surface area contributed by atoms with Gasteiger partial charge in [-0.25, -0.2) is 0 Å². The molecule has 7 nitrogen and oxygen atoms in total. The summed E-state index contributed by atoms with van der Waals surface area (Å²) in [4.78, 5) is 27.7. The molecule has 8 heteroatoms. The SMILES string of the molecule is COc1cc(OC)cc(C(=O)N2CCC3(CC2)C[C@@H]3C(=O)Nc2ccc(OC)c(Cl)c2)c1. The molecule has 0 unspecified atom stereocenters. The number of amides is 2. The zero-order chi connectivity index (χ0) is 22.9. The third-order valence-electron chi connectivity index (χ3n) is 6.57. The van der Waals surface area contributed by atoms with Crippen LogP contribution in [-0.2, 0) is 4.79 Å². The Balaban J connectivity index is 1.35. The summed E-state index contributed by atoms with van der Waals surface area (Å²) in [5, 5.41) is 3.42. The predicted molar refractivity (Wildman–Crippen MR) is 122 cm³/mol. The van der Waals surface area contributed by atoms with Crippen LogP contribution in [0, 0.1) is 11.3 Å². The Bertz CT molecular complexity index is 1010. The molecule has 4 rings (SSSR count). The number of carbonyl (C=O) groups is 2. The molecule has 2 amide bonds. The molecule has 0 radical (unpaired) electrons. The summed E-state index contributed by atoms with van der Waals surface area (Å²) in [6.45, 7) is 1.24. The Morgan fingerprint density at radius 2 is 1.66 bits per heavy atom. The van der Waals surface area contributed by atoms with Gasteiger partial charge in [0.25, 0.3) is 5.91 Å². The molecule has 1 atom stereocenters. The number of benzene rings is 2. The lowest BCUT2D eigenvalue weighted by Gasteiger charge is -2.33. The molecule has 2 aliphatic rings. The average molecular weight is 459 g/mol. The first-order valence-electron chi connectivity index (χ1n) is 10.6. The topological polar surface area (TPSA) is 77.1 Å². The number of nitrogens with one attached hydrogen (secondary N) is 1. The van der Waals surface area contributed by atoms with Crippen molar-refractivity contribution in [3.05, 3.63) is 47.0 Å². The normalized spacial score (nSPS) is 18.8. The Morgan fingerprint density at radius 1 is 1.00 bits per heavy atom. The third kappa shape index (κ3) is 4.35. The van der Waals surface area contributed by atoms with E-state index in [0.29, 0.717) is 46.6 Å². The summed E-state index contributed by atoms with van der Waals surface area (Å²) < 4.78 is 15.7. The summed E-state index contributed by atoms with van der Waals surface area (Å²) in [6.07, 6.45) is 2.46. The maximum absolute atomic E-state index is 13.0. The van der Waals surface area contributed by atoms with Crippen LogP contribution in [-0.4, -0.2) is 51.1 Å². The van der Waals surface area contributed by atoms with Crippen LogP contribution in [0.1, 0.15) is 29.6 Å². The van der Waals surface area contributed by atoms with E-state index in [1.54, 1.807) is 57.7 Å². The molecule has 1 spiro atoms. The van der Waals surface area contributed by atoms with Crippen LogP contribution in [0.25, 0.3) is 0 Å². The highest BCUT2D eigenvalue weighted by atomic mass is 35.5. The number of hydrogen-bond donors (Lipinski definition) is 1. The highest BCUT2D eigenvalue weighted by Gasteiger charge is 2.58. The van der Waals surface area contributed by atoms with E-state index in [-0.39, 0.29) is 23.1 Å². The molecule has 1 saturated carbocycles. The first-order chi connectivity index (χ1) is 15.4. The molecule has 1 heterocycles. The van der Waals surface area contributed by atoms with Crippen LogP contribution in [0.15, 0.2) is 36.4 Å². The molecule has 0 aromatic heterocycles. The largest absolute Gasteiger partial charge is 0.497 e. The minimum atomic E-state index is -0.0495. The number of nitrogens with zero attached hydrogens (tertiary/aromatic N) is 1. The standard InChI is InChI=1S/C24H27ClN2O5/c1-30-17-10-15(11-18(13-17)31-2)23(29)27-8-6-24(7-9-27)14-19(24)22(28)26-16-4-5-21(32-3)20(25)12-16/h4-5,10-13,19H,6-9,14H2,1-3H3,(H,26,28)/t19-/m1/s1. The van der Waals surface area contributed by atoms with Gasteiger partial charge in [-0.1, -0.05) is 11.6 Å². The van der Waals surface area contributed by atoms with E-state index >= 15 is 0 Å². The molecule has 170 valence electrons. The predicted octanol–water partition coefficient (Wildman–Crippen LogP) is 4.25. The highest BCUT2D eigenvalue weighted by molar-refractivity contribution is 6.32. The quantitative estimate of drug-likeness (QED) is 0.700. The zero-order valence-electron chi connectivity index (χ0n) is 18.4. The van der Waals surface area contributed by atoms with Crippen molar-refractivity contribution < 1.29 is 23.8 Å². The second-order valence-electron chi connectivity index (χ2n) is 8.35. The average Bonchev–Trinajstić information content (AvgIpc) is 3.52. The summed E-state index contributed by atoms with van der Waals surface area (Å²) in [5.41, 5.74) is 1.17. The molecule has 0 bridgehead atoms. The van der Waals surface area contributed by atoms with Crippen molar-refractivity contribution in [2.75, 3.05) is 39.7 Å². The number of piperidine rings is 1. The van der Waals surface area contributed by atoms with E-state index in [0.717, 1.165) is 19.3 Å². The minimum absolute atomic E-state index is 0.00328. The lowest BCUT2D eigenvalue weighted by atomic mass is 9.90. The second kappa shape index (κ2) is 8.90. The maximum atomic E-state index is 13.0. The van der Waals surface area contributed by atoms with Gasteiger partial charge in [-0.3, -0.25) is 9.59 Å². The van der Waals surface area contributed by atoms with E-state index in [2.05, 4.69) is 5.32 Å². The van der Waals surface area contributed by atoms with Crippen molar-refractivity contribution in [1.29, 1.82) is 0 Å². The molecular formula is C24H27ClN2O5. The number of methoxy groups -OCH3 is 3. The monoisotopic (exact) mass is 458 g/mol. The summed E-state index contributed by atoms with van der Waals surface area (Å²) >= 11 is 6.16. The van der Waals surface area contributed by atoms with Gasteiger partial charge in [0.05, 0.1) is 26.4 Å². The Hall–Kier alpha value is -2.93. The van der Waals surface area contributed by atoms with Crippen molar-refractivity contribution in [3.8, 4) is 17.2 Å². The number of halogens is 1. The van der Waals surface area contributed by atoms with E-state index in [1.165, 1.54) is 0 Å². The smallest absolute Gasteiger partial charge is 0.254 e. The van der Waals surface area contributed by atoms with Gasteiger partial charge >= 0.3 is 0 Å². The fourth-order valence-corrected chi connectivity index (χ4v) is 4.77.